The van der Waals surface area contributed by atoms with E-state index in [2.05, 4.69) is 10.5 Å². The standard InChI is InChI=1S/C21H17F6N3O2/c1-9-4-17-14(19(32-29-17)12-3-2-10(22)5-15(12)23)8-30(9)21(31)28-11-6-13(20(26)27)18(25)16(24)7-11/h2-3,5-7,9,20-21,28,31H,4,8H2,1H3/t9-,21?/m0/s1. The van der Waals surface area contributed by atoms with Crippen molar-refractivity contribution < 1.29 is 36.0 Å². The van der Waals surface area contributed by atoms with Crippen LogP contribution in [0.4, 0.5) is 32.0 Å². The monoisotopic (exact) mass is 457 g/mol. The highest BCUT2D eigenvalue weighted by Crippen LogP contribution is 2.35. The average molecular weight is 457 g/mol. The topological polar surface area (TPSA) is 61.5 Å². The van der Waals surface area contributed by atoms with Crippen molar-refractivity contribution in [2.45, 2.75) is 38.7 Å². The van der Waals surface area contributed by atoms with Crippen molar-refractivity contribution >= 4 is 5.69 Å². The highest BCUT2D eigenvalue weighted by molar-refractivity contribution is 5.63. The zero-order valence-electron chi connectivity index (χ0n) is 16.6. The molecular formula is C21H17F6N3O2. The van der Waals surface area contributed by atoms with E-state index in [1.165, 1.54) is 11.0 Å². The maximum atomic E-state index is 14.2. The molecule has 0 spiro atoms. The van der Waals surface area contributed by atoms with Crippen LogP contribution >= 0.6 is 0 Å². The summed E-state index contributed by atoms with van der Waals surface area (Å²) in [5.41, 5.74) is -0.429. The lowest BCUT2D eigenvalue weighted by atomic mass is 9.97. The van der Waals surface area contributed by atoms with Gasteiger partial charge in [-0.1, -0.05) is 5.16 Å². The van der Waals surface area contributed by atoms with E-state index >= 15 is 0 Å². The van der Waals surface area contributed by atoms with Crippen LogP contribution in [0.15, 0.2) is 34.9 Å². The Kier molecular flexibility index (Phi) is 5.87. The van der Waals surface area contributed by atoms with Gasteiger partial charge in [0.15, 0.2) is 23.7 Å². The highest BCUT2D eigenvalue weighted by atomic mass is 19.3. The van der Waals surface area contributed by atoms with Crippen molar-refractivity contribution in [1.29, 1.82) is 0 Å². The summed E-state index contributed by atoms with van der Waals surface area (Å²) < 4.78 is 85.9. The normalized spacial score (nSPS) is 17.5. The van der Waals surface area contributed by atoms with Crippen LogP contribution in [0.5, 0.6) is 0 Å². The summed E-state index contributed by atoms with van der Waals surface area (Å²) in [5, 5.41) is 17.1. The van der Waals surface area contributed by atoms with Gasteiger partial charge >= 0.3 is 0 Å². The number of aliphatic hydroxyl groups excluding tert-OH is 1. The van der Waals surface area contributed by atoms with Gasteiger partial charge in [-0.2, -0.15) is 0 Å². The lowest BCUT2D eigenvalue weighted by Crippen LogP contribution is -2.48. The van der Waals surface area contributed by atoms with Gasteiger partial charge in [0.1, 0.15) is 11.6 Å². The Bertz CT molecular complexity index is 1150. The number of nitrogens with zero attached hydrogens (tertiary/aromatic N) is 2. The summed E-state index contributed by atoms with van der Waals surface area (Å²) in [5.74, 6) is -4.70. The number of hydrogen-bond acceptors (Lipinski definition) is 5. The van der Waals surface area contributed by atoms with Crippen LogP contribution < -0.4 is 5.32 Å². The first-order valence-electron chi connectivity index (χ1n) is 9.56. The van der Waals surface area contributed by atoms with Crippen LogP contribution in [-0.4, -0.2) is 27.6 Å². The predicted octanol–water partition coefficient (Wildman–Crippen LogP) is 4.97. The molecule has 0 fully saturated rings. The lowest BCUT2D eigenvalue weighted by Gasteiger charge is -2.36. The number of halogens is 6. The van der Waals surface area contributed by atoms with Crippen molar-refractivity contribution in [2.75, 3.05) is 5.32 Å². The van der Waals surface area contributed by atoms with E-state index in [0.29, 0.717) is 35.9 Å². The van der Waals surface area contributed by atoms with Gasteiger partial charge in [0.2, 0.25) is 0 Å². The Hall–Kier alpha value is -3.05. The summed E-state index contributed by atoms with van der Waals surface area (Å²) in [6, 6.07) is 4.01. The molecule has 11 heteroatoms. The number of alkyl halides is 2. The zero-order chi connectivity index (χ0) is 23.2. The first kappa shape index (κ1) is 22.2. The Labute approximate surface area is 178 Å². The van der Waals surface area contributed by atoms with Crippen molar-refractivity contribution in [3.8, 4) is 11.3 Å². The Morgan fingerprint density at radius 2 is 1.88 bits per heavy atom. The Morgan fingerprint density at radius 3 is 2.56 bits per heavy atom. The third-order valence-corrected chi connectivity index (χ3v) is 5.34. The number of anilines is 1. The van der Waals surface area contributed by atoms with E-state index in [4.69, 9.17) is 4.52 Å². The van der Waals surface area contributed by atoms with Gasteiger partial charge in [-0.15, -0.1) is 0 Å². The van der Waals surface area contributed by atoms with E-state index in [1.807, 2.05) is 0 Å². The fourth-order valence-electron chi connectivity index (χ4n) is 3.70. The Balaban J connectivity index is 1.60. The van der Waals surface area contributed by atoms with Crippen LogP contribution in [0.3, 0.4) is 0 Å². The molecule has 0 saturated heterocycles. The van der Waals surface area contributed by atoms with Gasteiger partial charge in [-0.3, -0.25) is 4.90 Å². The Morgan fingerprint density at radius 1 is 1.12 bits per heavy atom. The first-order valence-corrected chi connectivity index (χ1v) is 9.56. The van der Waals surface area contributed by atoms with Crippen molar-refractivity contribution in [3.05, 3.63) is 70.4 Å². The van der Waals surface area contributed by atoms with Crippen LogP contribution in [0, 0.1) is 23.3 Å². The molecule has 0 radical (unpaired) electrons. The van der Waals surface area contributed by atoms with E-state index in [9.17, 15) is 31.4 Å². The molecule has 32 heavy (non-hydrogen) atoms. The minimum absolute atomic E-state index is 0.00565. The largest absolute Gasteiger partial charge is 0.361 e. The summed E-state index contributed by atoms with van der Waals surface area (Å²) in [6.07, 6.45) is -4.44. The average Bonchev–Trinajstić information content (AvgIpc) is 3.12. The number of aliphatic hydroxyl groups is 1. The third-order valence-electron chi connectivity index (χ3n) is 5.34. The summed E-state index contributed by atoms with van der Waals surface area (Å²) >= 11 is 0. The maximum absolute atomic E-state index is 14.2. The smallest absolute Gasteiger partial charge is 0.266 e. The van der Waals surface area contributed by atoms with E-state index in [-0.39, 0.29) is 29.6 Å². The molecule has 2 N–H and O–H groups in total. The number of nitrogens with one attached hydrogen (secondary N) is 1. The van der Waals surface area contributed by atoms with Crippen LogP contribution in [0.25, 0.3) is 11.3 Å². The molecular weight excluding hydrogens is 440 g/mol. The molecule has 3 aromatic rings. The molecule has 1 aliphatic heterocycles. The summed E-state index contributed by atoms with van der Waals surface area (Å²) in [4.78, 5) is 1.48. The molecule has 0 amide bonds. The molecule has 2 atom stereocenters. The van der Waals surface area contributed by atoms with Crippen LogP contribution in [-0.2, 0) is 13.0 Å². The molecule has 1 aliphatic rings. The molecule has 1 aromatic heterocycles. The fourth-order valence-corrected chi connectivity index (χ4v) is 3.70. The van der Waals surface area contributed by atoms with Gasteiger partial charge in [0.05, 0.1) is 16.8 Å². The zero-order valence-corrected chi connectivity index (χ0v) is 16.6. The van der Waals surface area contributed by atoms with Gasteiger partial charge in [0, 0.05) is 42.4 Å². The number of hydrogen-bond donors (Lipinski definition) is 2. The van der Waals surface area contributed by atoms with Gasteiger partial charge in [-0.05, 0) is 25.1 Å². The van der Waals surface area contributed by atoms with Crippen molar-refractivity contribution in [1.82, 2.24) is 10.1 Å². The second-order valence-corrected chi connectivity index (χ2v) is 7.47. The third kappa shape index (κ3) is 4.05. The number of rotatable bonds is 5. The van der Waals surface area contributed by atoms with Gasteiger partial charge < -0.3 is 14.9 Å². The fraction of sp³-hybridized carbons (Fsp3) is 0.286. The van der Waals surface area contributed by atoms with Gasteiger partial charge in [0.25, 0.3) is 6.43 Å². The molecule has 0 aliphatic carbocycles. The number of fused-ring (bicyclic) bond motifs is 1. The highest BCUT2D eigenvalue weighted by Gasteiger charge is 2.33. The molecule has 2 aromatic carbocycles. The van der Waals surface area contributed by atoms with E-state index in [0.717, 1.165) is 6.07 Å². The van der Waals surface area contributed by atoms with E-state index < -0.39 is 41.6 Å². The summed E-state index contributed by atoms with van der Waals surface area (Å²) in [6.45, 7) is 1.75. The minimum atomic E-state index is -3.25. The molecule has 0 bridgehead atoms. The lowest BCUT2D eigenvalue weighted by molar-refractivity contribution is -0.0120. The first-order chi connectivity index (χ1) is 15.2. The minimum Gasteiger partial charge on any atom is -0.361 e. The van der Waals surface area contributed by atoms with Crippen molar-refractivity contribution in [3.63, 3.8) is 0 Å². The molecule has 5 nitrogen and oxygen atoms in total. The number of benzene rings is 2. The summed E-state index contributed by atoms with van der Waals surface area (Å²) in [7, 11) is 0. The van der Waals surface area contributed by atoms with Gasteiger partial charge in [-0.25, -0.2) is 26.3 Å². The van der Waals surface area contributed by atoms with Crippen LogP contribution in [0.2, 0.25) is 0 Å². The van der Waals surface area contributed by atoms with Crippen LogP contribution in [0.1, 0.15) is 30.2 Å². The quantitative estimate of drug-likeness (QED) is 0.419. The molecule has 0 saturated carbocycles. The molecule has 2 heterocycles. The number of aromatic nitrogens is 1. The molecule has 170 valence electrons. The molecule has 4 rings (SSSR count). The molecule has 1 unspecified atom stereocenters. The maximum Gasteiger partial charge on any atom is 0.266 e. The predicted molar refractivity (Wildman–Crippen MR) is 102 cm³/mol. The second kappa shape index (κ2) is 8.47. The SMILES string of the molecule is C[C@H]1Cc2noc(-c3ccc(F)cc3F)c2CN1C(O)Nc1cc(F)c(F)c(C(F)F)c1. The second-order valence-electron chi connectivity index (χ2n) is 7.47. The van der Waals surface area contributed by atoms with E-state index in [1.54, 1.807) is 6.92 Å². The van der Waals surface area contributed by atoms with Crippen molar-refractivity contribution in [2.24, 2.45) is 0 Å².